The Bertz CT molecular complexity index is 437. The Kier molecular flexibility index (Phi) is 4.70. The van der Waals surface area contributed by atoms with Crippen LogP contribution in [0.2, 0.25) is 0 Å². The van der Waals surface area contributed by atoms with Gasteiger partial charge in [-0.15, -0.1) is 0 Å². The standard InChI is InChI=1S/C13H21N5O/c1-11(19)18-7-3-6-17(8-9-18)10-12-4-2-5-13(15-12)16-14/h2,4-5H,3,6-10,14H2,1H3,(H,15,16). The number of hydrogen-bond donors (Lipinski definition) is 2. The van der Waals surface area contributed by atoms with Gasteiger partial charge < -0.3 is 10.3 Å². The first-order valence-corrected chi connectivity index (χ1v) is 6.59. The topological polar surface area (TPSA) is 74.5 Å². The highest BCUT2D eigenvalue weighted by atomic mass is 16.2. The number of carbonyl (C=O) groups is 1. The zero-order chi connectivity index (χ0) is 13.7. The van der Waals surface area contributed by atoms with Crippen molar-refractivity contribution in [3.05, 3.63) is 23.9 Å². The third-order valence-electron chi connectivity index (χ3n) is 3.37. The smallest absolute Gasteiger partial charge is 0.219 e. The molecule has 0 atom stereocenters. The molecule has 6 heteroatoms. The zero-order valence-electron chi connectivity index (χ0n) is 11.3. The minimum Gasteiger partial charge on any atom is -0.342 e. The number of hydrazine groups is 1. The summed E-state index contributed by atoms with van der Waals surface area (Å²) in [6.07, 6.45) is 1.01. The van der Waals surface area contributed by atoms with Crippen molar-refractivity contribution in [3.63, 3.8) is 0 Å². The number of pyridine rings is 1. The summed E-state index contributed by atoms with van der Waals surface area (Å²) in [6.45, 7) is 5.95. The van der Waals surface area contributed by atoms with Crippen molar-refractivity contribution in [2.24, 2.45) is 5.84 Å². The van der Waals surface area contributed by atoms with Crippen molar-refractivity contribution in [1.29, 1.82) is 0 Å². The van der Waals surface area contributed by atoms with Gasteiger partial charge in [0.2, 0.25) is 5.91 Å². The Labute approximate surface area is 113 Å². The van der Waals surface area contributed by atoms with Gasteiger partial charge in [0.1, 0.15) is 5.82 Å². The lowest BCUT2D eigenvalue weighted by atomic mass is 10.3. The van der Waals surface area contributed by atoms with Crippen LogP contribution in [0.1, 0.15) is 19.0 Å². The molecule has 19 heavy (non-hydrogen) atoms. The molecule has 1 aliphatic heterocycles. The Morgan fingerprint density at radius 1 is 1.37 bits per heavy atom. The van der Waals surface area contributed by atoms with Gasteiger partial charge in [0.25, 0.3) is 0 Å². The minimum atomic E-state index is 0.161. The van der Waals surface area contributed by atoms with Crippen LogP contribution in [0.4, 0.5) is 5.82 Å². The van der Waals surface area contributed by atoms with E-state index in [0.717, 1.165) is 44.8 Å². The molecule has 0 bridgehead atoms. The number of amides is 1. The molecule has 0 aliphatic carbocycles. The first-order valence-electron chi connectivity index (χ1n) is 6.59. The van der Waals surface area contributed by atoms with Crippen molar-refractivity contribution in [1.82, 2.24) is 14.8 Å². The summed E-state index contributed by atoms with van der Waals surface area (Å²) in [5.74, 6) is 6.20. The Morgan fingerprint density at radius 3 is 2.95 bits per heavy atom. The van der Waals surface area contributed by atoms with Crippen LogP contribution in [-0.4, -0.2) is 46.9 Å². The van der Waals surface area contributed by atoms with Crippen molar-refractivity contribution in [2.45, 2.75) is 19.9 Å². The maximum atomic E-state index is 11.4. The largest absolute Gasteiger partial charge is 0.342 e. The molecule has 6 nitrogen and oxygen atoms in total. The minimum absolute atomic E-state index is 0.161. The van der Waals surface area contributed by atoms with Crippen molar-refractivity contribution in [2.75, 3.05) is 31.6 Å². The van der Waals surface area contributed by atoms with E-state index in [9.17, 15) is 4.79 Å². The molecule has 1 aliphatic rings. The Hall–Kier alpha value is -1.66. The van der Waals surface area contributed by atoms with Gasteiger partial charge in [0.15, 0.2) is 0 Å². The zero-order valence-corrected chi connectivity index (χ0v) is 11.3. The molecule has 2 rings (SSSR count). The molecule has 1 aromatic heterocycles. The van der Waals surface area contributed by atoms with E-state index in [2.05, 4.69) is 15.3 Å². The van der Waals surface area contributed by atoms with E-state index in [1.165, 1.54) is 0 Å². The number of aromatic nitrogens is 1. The van der Waals surface area contributed by atoms with E-state index in [1.54, 1.807) is 6.92 Å². The van der Waals surface area contributed by atoms with Crippen molar-refractivity contribution in [3.8, 4) is 0 Å². The number of hydrogen-bond acceptors (Lipinski definition) is 5. The number of nitrogens with one attached hydrogen (secondary N) is 1. The molecule has 0 radical (unpaired) electrons. The van der Waals surface area contributed by atoms with Gasteiger partial charge in [-0.1, -0.05) is 6.07 Å². The second-order valence-corrected chi connectivity index (χ2v) is 4.79. The summed E-state index contributed by atoms with van der Waals surface area (Å²) in [5.41, 5.74) is 3.55. The van der Waals surface area contributed by atoms with Gasteiger partial charge >= 0.3 is 0 Å². The van der Waals surface area contributed by atoms with Crippen LogP contribution in [0.5, 0.6) is 0 Å². The molecule has 1 fully saturated rings. The third-order valence-corrected chi connectivity index (χ3v) is 3.37. The predicted octanol–water partition coefficient (Wildman–Crippen LogP) is 0.421. The summed E-state index contributed by atoms with van der Waals surface area (Å²) in [6, 6.07) is 5.77. The molecule has 0 spiro atoms. The first-order chi connectivity index (χ1) is 9.19. The molecule has 0 saturated carbocycles. The Morgan fingerprint density at radius 2 is 2.21 bits per heavy atom. The van der Waals surface area contributed by atoms with E-state index in [1.807, 2.05) is 23.1 Å². The van der Waals surface area contributed by atoms with E-state index in [-0.39, 0.29) is 5.91 Å². The fourth-order valence-electron chi connectivity index (χ4n) is 2.32. The van der Waals surface area contributed by atoms with Crippen LogP contribution in [0.3, 0.4) is 0 Å². The second kappa shape index (κ2) is 6.49. The summed E-state index contributed by atoms with van der Waals surface area (Å²) < 4.78 is 0. The molecule has 1 aromatic rings. The average molecular weight is 263 g/mol. The quantitative estimate of drug-likeness (QED) is 0.611. The van der Waals surface area contributed by atoms with Gasteiger partial charge in [-0.25, -0.2) is 10.8 Å². The first kappa shape index (κ1) is 13.8. The highest BCUT2D eigenvalue weighted by molar-refractivity contribution is 5.73. The SMILES string of the molecule is CC(=O)N1CCCN(Cc2cccc(NN)n2)CC1. The number of nitrogen functional groups attached to an aromatic ring is 1. The lowest BCUT2D eigenvalue weighted by Crippen LogP contribution is -2.33. The van der Waals surface area contributed by atoms with Gasteiger partial charge in [-0.3, -0.25) is 9.69 Å². The predicted molar refractivity (Wildman–Crippen MR) is 74.2 cm³/mol. The number of nitrogens with two attached hydrogens (primary N) is 1. The third kappa shape index (κ3) is 3.90. The van der Waals surface area contributed by atoms with Crippen LogP contribution >= 0.6 is 0 Å². The summed E-state index contributed by atoms with van der Waals surface area (Å²) in [4.78, 5) is 20.0. The molecule has 1 amide bonds. The lowest BCUT2D eigenvalue weighted by Gasteiger charge is -2.20. The van der Waals surface area contributed by atoms with Gasteiger partial charge in [-0.05, 0) is 18.6 Å². The normalized spacial score (nSPS) is 17.1. The van der Waals surface area contributed by atoms with Gasteiger partial charge in [-0.2, -0.15) is 0 Å². The summed E-state index contributed by atoms with van der Waals surface area (Å²) in [5, 5.41) is 0. The van der Waals surface area contributed by atoms with Crippen LogP contribution in [0.25, 0.3) is 0 Å². The molecule has 104 valence electrons. The van der Waals surface area contributed by atoms with Crippen LogP contribution < -0.4 is 11.3 Å². The molecule has 1 saturated heterocycles. The monoisotopic (exact) mass is 263 g/mol. The van der Waals surface area contributed by atoms with E-state index in [0.29, 0.717) is 5.82 Å². The fourth-order valence-corrected chi connectivity index (χ4v) is 2.32. The van der Waals surface area contributed by atoms with E-state index in [4.69, 9.17) is 5.84 Å². The number of rotatable bonds is 3. The number of nitrogens with zero attached hydrogens (tertiary/aromatic N) is 3. The van der Waals surface area contributed by atoms with Crippen LogP contribution in [-0.2, 0) is 11.3 Å². The molecule has 0 aromatic carbocycles. The number of anilines is 1. The van der Waals surface area contributed by atoms with Crippen molar-refractivity contribution >= 4 is 11.7 Å². The van der Waals surface area contributed by atoms with Crippen LogP contribution in [0.15, 0.2) is 18.2 Å². The van der Waals surface area contributed by atoms with Gasteiger partial charge in [0.05, 0.1) is 5.69 Å². The van der Waals surface area contributed by atoms with E-state index < -0.39 is 0 Å². The maximum Gasteiger partial charge on any atom is 0.219 e. The van der Waals surface area contributed by atoms with Gasteiger partial charge in [0, 0.05) is 39.6 Å². The van der Waals surface area contributed by atoms with Crippen LogP contribution in [0, 0.1) is 0 Å². The summed E-state index contributed by atoms with van der Waals surface area (Å²) in [7, 11) is 0. The Balaban J connectivity index is 1.93. The molecule has 3 N–H and O–H groups in total. The molecule has 0 unspecified atom stereocenters. The van der Waals surface area contributed by atoms with Crippen molar-refractivity contribution < 1.29 is 4.79 Å². The second-order valence-electron chi connectivity index (χ2n) is 4.79. The molecule has 2 heterocycles. The molecular weight excluding hydrogens is 242 g/mol. The number of carbonyl (C=O) groups excluding carboxylic acids is 1. The van der Waals surface area contributed by atoms with E-state index >= 15 is 0 Å². The maximum absolute atomic E-state index is 11.4. The average Bonchev–Trinajstić information content (AvgIpc) is 2.65. The summed E-state index contributed by atoms with van der Waals surface area (Å²) >= 11 is 0. The highest BCUT2D eigenvalue weighted by Gasteiger charge is 2.16. The fraction of sp³-hybridized carbons (Fsp3) is 0.538. The molecular formula is C13H21N5O. The highest BCUT2D eigenvalue weighted by Crippen LogP contribution is 2.09. The lowest BCUT2D eigenvalue weighted by molar-refractivity contribution is -0.128.